The first-order valence-corrected chi connectivity index (χ1v) is 6.06. The van der Waals surface area contributed by atoms with Gasteiger partial charge in [-0.15, -0.1) is 12.4 Å². The van der Waals surface area contributed by atoms with E-state index in [2.05, 4.69) is 5.32 Å². The summed E-state index contributed by atoms with van der Waals surface area (Å²) in [6, 6.07) is 1.48. The summed E-state index contributed by atoms with van der Waals surface area (Å²) in [5, 5.41) is 2.38. The number of nitrogens with one attached hydrogen (secondary N) is 1. The van der Waals surface area contributed by atoms with Gasteiger partial charge in [0.1, 0.15) is 0 Å². The second-order valence-electron chi connectivity index (χ2n) is 4.40. The molecule has 1 amide bonds. The second-order valence-corrected chi connectivity index (χ2v) is 4.40. The fourth-order valence-electron chi connectivity index (χ4n) is 1.84. The quantitative estimate of drug-likeness (QED) is 0.820. The number of benzene rings is 1. The summed E-state index contributed by atoms with van der Waals surface area (Å²) in [5.41, 5.74) is 4.68. The van der Waals surface area contributed by atoms with Crippen LogP contribution in [0.2, 0.25) is 0 Å². The third kappa shape index (κ3) is 3.64. The van der Waals surface area contributed by atoms with Gasteiger partial charge in [0.2, 0.25) is 5.91 Å². The summed E-state index contributed by atoms with van der Waals surface area (Å²) in [6.07, 6.45) is 0.996. The molecule has 0 saturated heterocycles. The first-order chi connectivity index (χ1) is 8.90. The van der Waals surface area contributed by atoms with Crippen LogP contribution in [0, 0.1) is 22.9 Å². The molecule has 0 saturated carbocycles. The van der Waals surface area contributed by atoms with Crippen molar-refractivity contribution in [1.29, 1.82) is 0 Å². The van der Waals surface area contributed by atoms with Gasteiger partial charge in [0.25, 0.3) is 0 Å². The predicted molar refractivity (Wildman–Crippen MR) is 74.3 cm³/mol. The molecule has 0 aliphatic rings. The number of amides is 1. The van der Waals surface area contributed by atoms with Crippen molar-refractivity contribution in [3.8, 4) is 0 Å². The van der Waals surface area contributed by atoms with E-state index in [0.29, 0.717) is 12.8 Å². The van der Waals surface area contributed by atoms with Crippen molar-refractivity contribution in [2.75, 3.05) is 11.9 Å². The summed E-state index contributed by atoms with van der Waals surface area (Å²) < 4.78 is 38.9. The highest BCUT2D eigenvalue weighted by atomic mass is 35.5. The zero-order chi connectivity index (χ0) is 14.6. The summed E-state index contributed by atoms with van der Waals surface area (Å²) in [7, 11) is 0. The molecule has 0 aromatic heterocycles. The Hall–Kier alpha value is -1.27. The zero-order valence-corrected chi connectivity index (χ0v) is 12.1. The van der Waals surface area contributed by atoms with E-state index in [-0.39, 0.29) is 24.6 Å². The molecule has 1 rings (SSSR count). The first kappa shape index (κ1) is 18.7. The van der Waals surface area contributed by atoms with E-state index in [1.807, 2.05) is 13.8 Å². The SMILES string of the molecule is CCC(CC)(CN)C(=O)Nc1cc(F)c(F)c(F)c1.Cl. The standard InChI is InChI=1S/C13H17F3N2O.ClH/c1-3-13(4-2,7-17)12(19)18-8-5-9(14)11(16)10(15)6-8;/h5-6H,3-4,7,17H2,1-2H3,(H,18,19);1H. The normalized spacial score (nSPS) is 10.9. The molecule has 3 nitrogen and oxygen atoms in total. The molecule has 0 unspecified atom stereocenters. The highest BCUT2D eigenvalue weighted by Gasteiger charge is 2.33. The second kappa shape index (κ2) is 7.50. The van der Waals surface area contributed by atoms with Crippen molar-refractivity contribution < 1.29 is 18.0 Å². The topological polar surface area (TPSA) is 55.1 Å². The van der Waals surface area contributed by atoms with Gasteiger partial charge in [0.05, 0.1) is 5.41 Å². The van der Waals surface area contributed by atoms with E-state index in [4.69, 9.17) is 5.73 Å². The first-order valence-electron chi connectivity index (χ1n) is 6.06. The Morgan fingerprint density at radius 2 is 1.65 bits per heavy atom. The smallest absolute Gasteiger partial charge is 0.231 e. The van der Waals surface area contributed by atoms with Crippen LogP contribution in [0.3, 0.4) is 0 Å². The van der Waals surface area contributed by atoms with Crippen LogP contribution in [-0.2, 0) is 4.79 Å². The Balaban J connectivity index is 0.00000361. The Bertz CT molecular complexity index is 447. The van der Waals surface area contributed by atoms with Crippen LogP contribution in [0.25, 0.3) is 0 Å². The summed E-state index contributed by atoms with van der Waals surface area (Å²) in [4.78, 5) is 12.1. The lowest BCUT2D eigenvalue weighted by molar-refractivity contribution is -0.125. The van der Waals surface area contributed by atoms with Gasteiger partial charge in [-0.1, -0.05) is 13.8 Å². The van der Waals surface area contributed by atoms with E-state index in [1.54, 1.807) is 0 Å². The molecule has 7 heteroatoms. The zero-order valence-electron chi connectivity index (χ0n) is 11.3. The Morgan fingerprint density at radius 3 is 2.00 bits per heavy atom. The lowest BCUT2D eigenvalue weighted by Crippen LogP contribution is -2.41. The maximum atomic E-state index is 13.0. The molecule has 0 aliphatic carbocycles. The van der Waals surface area contributed by atoms with Gasteiger partial charge in [-0.3, -0.25) is 4.79 Å². The molecule has 114 valence electrons. The number of carbonyl (C=O) groups excluding carboxylic acids is 1. The summed E-state index contributed by atoms with van der Waals surface area (Å²) in [6.45, 7) is 3.74. The maximum absolute atomic E-state index is 13.0. The fraction of sp³-hybridized carbons (Fsp3) is 0.462. The van der Waals surface area contributed by atoms with Crippen molar-refractivity contribution in [3.05, 3.63) is 29.6 Å². The molecule has 0 spiro atoms. The number of hydrogen-bond donors (Lipinski definition) is 2. The van der Waals surface area contributed by atoms with E-state index >= 15 is 0 Å². The largest absolute Gasteiger partial charge is 0.329 e. The number of rotatable bonds is 5. The molecular weight excluding hydrogens is 293 g/mol. The number of anilines is 1. The molecule has 20 heavy (non-hydrogen) atoms. The number of carbonyl (C=O) groups is 1. The van der Waals surface area contributed by atoms with E-state index in [9.17, 15) is 18.0 Å². The highest BCUT2D eigenvalue weighted by Crippen LogP contribution is 2.27. The predicted octanol–water partition coefficient (Wildman–Crippen LogP) is 3.23. The summed E-state index contributed by atoms with van der Waals surface area (Å²) in [5.74, 6) is -4.68. The van der Waals surface area contributed by atoms with E-state index < -0.39 is 28.8 Å². The lowest BCUT2D eigenvalue weighted by Gasteiger charge is -2.28. The molecule has 3 N–H and O–H groups in total. The molecule has 0 atom stereocenters. The number of nitrogens with two attached hydrogens (primary N) is 1. The van der Waals surface area contributed by atoms with Crippen LogP contribution >= 0.6 is 12.4 Å². The average molecular weight is 311 g/mol. The van der Waals surface area contributed by atoms with Gasteiger partial charge in [-0.25, -0.2) is 13.2 Å². The van der Waals surface area contributed by atoms with Crippen LogP contribution in [0.5, 0.6) is 0 Å². The Labute approximate surface area is 122 Å². The van der Waals surface area contributed by atoms with E-state index in [0.717, 1.165) is 12.1 Å². The van der Waals surface area contributed by atoms with Crippen LogP contribution in [0.4, 0.5) is 18.9 Å². The van der Waals surface area contributed by atoms with Crippen LogP contribution in [0.1, 0.15) is 26.7 Å². The number of hydrogen-bond acceptors (Lipinski definition) is 2. The van der Waals surface area contributed by atoms with Gasteiger partial charge in [-0.05, 0) is 12.8 Å². The third-order valence-electron chi connectivity index (χ3n) is 3.47. The van der Waals surface area contributed by atoms with Crippen molar-refractivity contribution in [2.45, 2.75) is 26.7 Å². The van der Waals surface area contributed by atoms with Gasteiger partial charge in [-0.2, -0.15) is 0 Å². The van der Waals surface area contributed by atoms with Gasteiger partial charge < -0.3 is 11.1 Å². The minimum Gasteiger partial charge on any atom is -0.329 e. The molecular formula is C13H18ClF3N2O. The van der Waals surface area contributed by atoms with Gasteiger partial charge in [0.15, 0.2) is 17.5 Å². The van der Waals surface area contributed by atoms with Crippen molar-refractivity contribution in [1.82, 2.24) is 0 Å². The highest BCUT2D eigenvalue weighted by molar-refractivity contribution is 5.95. The molecule has 0 radical (unpaired) electrons. The summed E-state index contributed by atoms with van der Waals surface area (Å²) >= 11 is 0. The maximum Gasteiger partial charge on any atom is 0.231 e. The Morgan fingerprint density at radius 1 is 1.20 bits per heavy atom. The minimum atomic E-state index is -1.56. The third-order valence-corrected chi connectivity index (χ3v) is 3.47. The lowest BCUT2D eigenvalue weighted by atomic mass is 9.81. The molecule has 1 aromatic rings. The van der Waals surface area contributed by atoms with Gasteiger partial charge >= 0.3 is 0 Å². The Kier molecular flexibility index (Phi) is 7.02. The number of halogens is 4. The molecule has 0 heterocycles. The van der Waals surface area contributed by atoms with Crippen molar-refractivity contribution in [3.63, 3.8) is 0 Å². The average Bonchev–Trinajstić information content (AvgIpc) is 2.38. The molecule has 0 aliphatic heterocycles. The van der Waals surface area contributed by atoms with Crippen molar-refractivity contribution >= 4 is 24.0 Å². The van der Waals surface area contributed by atoms with Crippen LogP contribution < -0.4 is 11.1 Å². The van der Waals surface area contributed by atoms with Crippen LogP contribution in [-0.4, -0.2) is 12.5 Å². The molecule has 0 bridgehead atoms. The monoisotopic (exact) mass is 310 g/mol. The van der Waals surface area contributed by atoms with E-state index in [1.165, 1.54) is 0 Å². The molecule has 1 aromatic carbocycles. The van der Waals surface area contributed by atoms with Crippen LogP contribution in [0.15, 0.2) is 12.1 Å². The minimum absolute atomic E-state index is 0. The fourth-order valence-corrected chi connectivity index (χ4v) is 1.84. The van der Waals surface area contributed by atoms with Crippen molar-refractivity contribution in [2.24, 2.45) is 11.1 Å². The van der Waals surface area contributed by atoms with Gasteiger partial charge in [0, 0.05) is 24.4 Å². The molecule has 0 fully saturated rings.